The van der Waals surface area contributed by atoms with Crippen LogP contribution in [0.15, 0.2) is 17.8 Å². The molecule has 3 aromatic rings. The molecule has 0 fully saturated rings. The number of imidazole rings is 1. The van der Waals surface area contributed by atoms with Crippen molar-refractivity contribution in [1.29, 1.82) is 0 Å². The molecule has 0 spiro atoms. The average molecular weight is 321 g/mol. The quantitative estimate of drug-likeness (QED) is 0.740. The number of rotatable bonds is 4. The third-order valence-corrected chi connectivity index (χ3v) is 5.15. The highest BCUT2D eigenvalue weighted by atomic mass is 32.1. The Morgan fingerprint density at radius 3 is 2.76 bits per heavy atom. The van der Waals surface area contributed by atoms with Crippen LogP contribution in [0.3, 0.4) is 0 Å². The average Bonchev–Trinajstić information content (AvgIpc) is 3.09. The summed E-state index contributed by atoms with van der Waals surface area (Å²) in [6.45, 7) is 7.41. The Labute approximate surface area is 132 Å². The SMILES string of the molecule is CN(CCc1nccs1)c1nn2cc(C(C)(C)C)nc2s1. The maximum atomic E-state index is 4.68. The molecule has 3 rings (SSSR count). The summed E-state index contributed by atoms with van der Waals surface area (Å²) in [5, 5.41) is 8.80. The van der Waals surface area contributed by atoms with E-state index in [0.29, 0.717) is 0 Å². The first kappa shape index (κ1) is 14.5. The Morgan fingerprint density at radius 1 is 1.33 bits per heavy atom. The van der Waals surface area contributed by atoms with E-state index in [4.69, 9.17) is 0 Å². The fraction of sp³-hybridized carbons (Fsp3) is 0.500. The molecule has 0 N–H and O–H groups in total. The van der Waals surface area contributed by atoms with Crippen LogP contribution >= 0.6 is 22.7 Å². The van der Waals surface area contributed by atoms with E-state index in [1.165, 1.54) is 5.01 Å². The maximum absolute atomic E-state index is 4.68. The summed E-state index contributed by atoms with van der Waals surface area (Å²) in [4.78, 5) is 12.1. The molecule has 7 heteroatoms. The van der Waals surface area contributed by atoms with Crippen LogP contribution < -0.4 is 4.90 Å². The lowest BCUT2D eigenvalue weighted by molar-refractivity contribution is 0.572. The molecule has 5 nitrogen and oxygen atoms in total. The number of likely N-dealkylation sites (N-methyl/N-ethyl adjacent to an activating group) is 1. The van der Waals surface area contributed by atoms with Crippen LogP contribution in [-0.2, 0) is 11.8 Å². The Bertz CT molecular complexity index is 689. The Balaban J connectivity index is 1.73. The Morgan fingerprint density at radius 2 is 2.14 bits per heavy atom. The van der Waals surface area contributed by atoms with Crippen LogP contribution in [-0.4, -0.2) is 33.2 Å². The zero-order valence-corrected chi connectivity index (χ0v) is 14.3. The van der Waals surface area contributed by atoms with Crippen molar-refractivity contribution in [3.05, 3.63) is 28.5 Å². The van der Waals surface area contributed by atoms with E-state index < -0.39 is 0 Å². The largest absolute Gasteiger partial charge is 0.349 e. The lowest BCUT2D eigenvalue weighted by Crippen LogP contribution is -2.20. The smallest absolute Gasteiger partial charge is 0.214 e. The summed E-state index contributed by atoms with van der Waals surface area (Å²) in [5.74, 6) is 0. The molecule has 0 aliphatic carbocycles. The van der Waals surface area contributed by atoms with Gasteiger partial charge in [0.2, 0.25) is 10.1 Å². The zero-order valence-electron chi connectivity index (χ0n) is 12.7. The molecule has 112 valence electrons. The van der Waals surface area contributed by atoms with Crippen molar-refractivity contribution in [2.24, 2.45) is 0 Å². The number of thiazole rings is 1. The molecular weight excluding hydrogens is 302 g/mol. The maximum Gasteiger partial charge on any atom is 0.214 e. The van der Waals surface area contributed by atoms with Crippen molar-refractivity contribution < 1.29 is 0 Å². The molecule has 0 aliphatic rings. The summed E-state index contributed by atoms with van der Waals surface area (Å²) in [5.41, 5.74) is 1.14. The number of aromatic nitrogens is 4. The second kappa shape index (κ2) is 5.38. The molecule has 0 aromatic carbocycles. The van der Waals surface area contributed by atoms with E-state index >= 15 is 0 Å². The van der Waals surface area contributed by atoms with Gasteiger partial charge in [0.1, 0.15) is 0 Å². The summed E-state index contributed by atoms with van der Waals surface area (Å²) < 4.78 is 1.89. The van der Waals surface area contributed by atoms with Gasteiger partial charge in [-0.1, -0.05) is 32.1 Å². The highest BCUT2D eigenvalue weighted by molar-refractivity contribution is 7.20. The van der Waals surface area contributed by atoms with Crippen molar-refractivity contribution in [1.82, 2.24) is 19.6 Å². The van der Waals surface area contributed by atoms with E-state index in [-0.39, 0.29) is 5.41 Å². The van der Waals surface area contributed by atoms with Crippen molar-refractivity contribution in [3.8, 4) is 0 Å². The Hall–Kier alpha value is -1.47. The van der Waals surface area contributed by atoms with E-state index in [1.54, 1.807) is 22.7 Å². The van der Waals surface area contributed by atoms with Gasteiger partial charge in [0.15, 0.2) is 0 Å². The third-order valence-electron chi connectivity index (χ3n) is 3.27. The van der Waals surface area contributed by atoms with Gasteiger partial charge in [0, 0.05) is 37.0 Å². The topological polar surface area (TPSA) is 46.3 Å². The molecule has 0 radical (unpaired) electrons. The van der Waals surface area contributed by atoms with Crippen LogP contribution in [0.4, 0.5) is 5.13 Å². The first-order valence-corrected chi connectivity index (χ1v) is 8.59. The van der Waals surface area contributed by atoms with Gasteiger partial charge >= 0.3 is 0 Å². The summed E-state index contributed by atoms with van der Waals surface area (Å²) in [6, 6.07) is 0. The number of fused-ring (bicyclic) bond motifs is 1. The fourth-order valence-corrected chi connectivity index (χ4v) is 3.42. The summed E-state index contributed by atoms with van der Waals surface area (Å²) in [6.07, 6.45) is 4.83. The van der Waals surface area contributed by atoms with Crippen LogP contribution in [0.5, 0.6) is 0 Å². The molecule has 0 atom stereocenters. The van der Waals surface area contributed by atoms with Crippen LogP contribution in [0.2, 0.25) is 0 Å². The minimum absolute atomic E-state index is 0.0598. The zero-order chi connectivity index (χ0) is 15.0. The van der Waals surface area contributed by atoms with Crippen LogP contribution in [0, 0.1) is 0 Å². The molecule has 0 unspecified atom stereocenters. The normalized spacial score (nSPS) is 12.2. The predicted molar refractivity (Wildman–Crippen MR) is 88.7 cm³/mol. The lowest BCUT2D eigenvalue weighted by Gasteiger charge is -2.15. The standard InChI is InChI=1S/C14H19N5S2/c1-14(2,3)10-9-19-12(16-10)21-13(17-19)18(4)7-5-11-15-6-8-20-11/h6,8-9H,5,7H2,1-4H3. The van der Waals surface area contributed by atoms with Gasteiger partial charge in [-0.3, -0.25) is 0 Å². The fourth-order valence-electron chi connectivity index (χ4n) is 1.94. The third kappa shape index (κ3) is 3.08. The number of hydrogen-bond acceptors (Lipinski definition) is 6. The van der Waals surface area contributed by atoms with Gasteiger partial charge in [-0.25, -0.2) is 14.5 Å². The van der Waals surface area contributed by atoms with Crippen molar-refractivity contribution in [2.75, 3.05) is 18.5 Å². The van der Waals surface area contributed by atoms with Gasteiger partial charge in [-0.2, -0.15) is 0 Å². The molecular formula is C14H19N5S2. The second-order valence-electron chi connectivity index (χ2n) is 6.09. The van der Waals surface area contributed by atoms with Crippen molar-refractivity contribution in [2.45, 2.75) is 32.6 Å². The van der Waals surface area contributed by atoms with E-state index in [0.717, 1.165) is 28.8 Å². The summed E-state index contributed by atoms with van der Waals surface area (Å²) >= 11 is 3.33. The first-order valence-electron chi connectivity index (χ1n) is 6.90. The van der Waals surface area contributed by atoms with Gasteiger partial charge in [-0.05, 0) is 0 Å². The van der Waals surface area contributed by atoms with Gasteiger partial charge in [0.05, 0.1) is 16.9 Å². The molecule has 0 bridgehead atoms. The Kier molecular flexibility index (Phi) is 3.71. The highest BCUT2D eigenvalue weighted by Crippen LogP contribution is 2.27. The van der Waals surface area contributed by atoms with E-state index in [9.17, 15) is 0 Å². The van der Waals surface area contributed by atoms with Gasteiger partial charge in [0.25, 0.3) is 0 Å². The first-order chi connectivity index (χ1) is 9.93. The molecule has 0 saturated carbocycles. The van der Waals surface area contributed by atoms with Crippen LogP contribution in [0.1, 0.15) is 31.5 Å². The molecule has 3 aromatic heterocycles. The van der Waals surface area contributed by atoms with E-state index in [2.05, 4.69) is 47.8 Å². The predicted octanol–water partition coefficient (Wildman–Crippen LogP) is 3.22. The van der Waals surface area contributed by atoms with Crippen molar-refractivity contribution >= 4 is 32.8 Å². The summed E-state index contributed by atoms with van der Waals surface area (Å²) in [7, 11) is 2.07. The molecule has 21 heavy (non-hydrogen) atoms. The van der Waals surface area contributed by atoms with Gasteiger partial charge < -0.3 is 4.90 Å². The van der Waals surface area contributed by atoms with Crippen molar-refractivity contribution in [3.63, 3.8) is 0 Å². The molecule has 3 heterocycles. The molecule has 0 saturated heterocycles. The number of nitrogens with zero attached hydrogens (tertiary/aromatic N) is 5. The number of hydrogen-bond donors (Lipinski definition) is 0. The minimum Gasteiger partial charge on any atom is -0.349 e. The molecule has 0 amide bonds. The lowest BCUT2D eigenvalue weighted by atomic mass is 9.93. The molecule has 0 aliphatic heterocycles. The number of anilines is 1. The minimum atomic E-state index is 0.0598. The highest BCUT2D eigenvalue weighted by Gasteiger charge is 2.20. The van der Waals surface area contributed by atoms with Crippen LogP contribution in [0.25, 0.3) is 4.96 Å². The second-order valence-corrected chi connectivity index (χ2v) is 8.00. The monoisotopic (exact) mass is 321 g/mol. The van der Waals surface area contributed by atoms with E-state index in [1.807, 2.05) is 22.3 Å². The van der Waals surface area contributed by atoms with Gasteiger partial charge in [-0.15, -0.1) is 16.4 Å².